The summed E-state index contributed by atoms with van der Waals surface area (Å²) in [4.78, 5) is 4.38. The first-order valence-corrected chi connectivity index (χ1v) is 8.69. The van der Waals surface area contributed by atoms with Gasteiger partial charge >= 0.3 is 0 Å². The van der Waals surface area contributed by atoms with E-state index in [1.54, 1.807) is 10.4 Å². The highest BCUT2D eigenvalue weighted by molar-refractivity contribution is 7.10. The van der Waals surface area contributed by atoms with Gasteiger partial charge in [-0.25, -0.2) is 0 Å². The molecule has 2 unspecified atom stereocenters. The molecule has 1 N–H and O–H groups in total. The van der Waals surface area contributed by atoms with Gasteiger partial charge in [-0.2, -0.15) is 0 Å². The molecule has 0 radical (unpaired) electrons. The van der Waals surface area contributed by atoms with Crippen LogP contribution in [0.25, 0.3) is 0 Å². The van der Waals surface area contributed by atoms with Gasteiger partial charge < -0.3 is 5.32 Å². The molecule has 1 fully saturated rings. The minimum Gasteiger partial charge on any atom is -0.313 e. The Morgan fingerprint density at radius 1 is 1.37 bits per heavy atom. The quantitative estimate of drug-likeness (QED) is 0.905. The van der Waals surface area contributed by atoms with Gasteiger partial charge in [0.2, 0.25) is 0 Å². The molecule has 2 atom stereocenters. The summed E-state index contributed by atoms with van der Waals surface area (Å²) in [7, 11) is 0. The first kappa shape index (κ1) is 13.6. The molecule has 3 rings (SSSR count). The second kappa shape index (κ2) is 5.94. The lowest BCUT2D eigenvalue weighted by molar-refractivity contribution is 0.126. The maximum Gasteiger partial charge on any atom is 0.0362 e. The number of nitrogens with zero attached hydrogens (tertiary/aromatic N) is 1. The summed E-state index contributed by atoms with van der Waals surface area (Å²) in [6.45, 7) is 7.15. The van der Waals surface area contributed by atoms with Gasteiger partial charge in [0.1, 0.15) is 0 Å². The largest absolute Gasteiger partial charge is 0.313 e. The SMILES string of the molecule is CC(C)N(CC1CCCN1)C1CCCc2sccc21. The fourth-order valence-electron chi connectivity index (χ4n) is 3.67. The maximum atomic E-state index is 3.66. The zero-order chi connectivity index (χ0) is 13.2. The number of rotatable bonds is 4. The Bertz CT molecular complexity index is 407. The molecule has 0 saturated carbocycles. The molecule has 0 bridgehead atoms. The van der Waals surface area contributed by atoms with Crippen LogP contribution >= 0.6 is 11.3 Å². The summed E-state index contributed by atoms with van der Waals surface area (Å²) in [5, 5.41) is 5.95. The summed E-state index contributed by atoms with van der Waals surface area (Å²) in [6.07, 6.45) is 6.71. The molecule has 1 saturated heterocycles. The molecule has 3 heteroatoms. The van der Waals surface area contributed by atoms with Crippen molar-refractivity contribution < 1.29 is 0 Å². The molecular formula is C16H26N2S. The van der Waals surface area contributed by atoms with E-state index in [-0.39, 0.29) is 0 Å². The van der Waals surface area contributed by atoms with Crippen LogP contribution < -0.4 is 5.32 Å². The summed E-state index contributed by atoms with van der Waals surface area (Å²) < 4.78 is 0. The number of hydrogen-bond acceptors (Lipinski definition) is 3. The molecule has 19 heavy (non-hydrogen) atoms. The molecule has 2 nitrogen and oxygen atoms in total. The van der Waals surface area contributed by atoms with Crippen molar-refractivity contribution in [2.45, 2.75) is 64.1 Å². The Morgan fingerprint density at radius 2 is 2.26 bits per heavy atom. The molecule has 0 spiro atoms. The molecule has 106 valence electrons. The van der Waals surface area contributed by atoms with Crippen molar-refractivity contribution in [3.05, 3.63) is 21.9 Å². The molecule has 2 heterocycles. The Labute approximate surface area is 121 Å². The summed E-state index contributed by atoms with van der Waals surface area (Å²) in [5.41, 5.74) is 1.63. The molecule has 1 aliphatic heterocycles. The third-order valence-corrected chi connectivity index (χ3v) is 5.67. The van der Waals surface area contributed by atoms with Crippen LogP contribution in [0.4, 0.5) is 0 Å². The molecule has 1 aromatic heterocycles. The van der Waals surface area contributed by atoms with Crippen molar-refractivity contribution in [1.29, 1.82) is 0 Å². The molecular weight excluding hydrogens is 252 g/mol. The first-order chi connectivity index (χ1) is 9.25. The van der Waals surface area contributed by atoms with E-state index in [0.29, 0.717) is 18.1 Å². The smallest absolute Gasteiger partial charge is 0.0362 e. The fraction of sp³-hybridized carbons (Fsp3) is 0.750. The van der Waals surface area contributed by atoms with Crippen molar-refractivity contribution in [2.75, 3.05) is 13.1 Å². The van der Waals surface area contributed by atoms with Crippen LogP contribution in [0.2, 0.25) is 0 Å². The van der Waals surface area contributed by atoms with Crippen molar-refractivity contribution in [3.8, 4) is 0 Å². The van der Waals surface area contributed by atoms with E-state index in [1.807, 2.05) is 11.3 Å². The molecule has 0 amide bonds. The number of aryl methyl sites for hydroxylation is 1. The van der Waals surface area contributed by atoms with Gasteiger partial charge in [-0.1, -0.05) is 0 Å². The van der Waals surface area contributed by atoms with Crippen LogP contribution in [0.5, 0.6) is 0 Å². The van der Waals surface area contributed by atoms with Crippen LogP contribution in [-0.2, 0) is 6.42 Å². The van der Waals surface area contributed by atoms with Crippen LogP contribution in [0.3, 0.4) is 0 Å². The third kappa shape index (κ3) is 2.88. The number of hydrogen-bond donors (Lipinski definition) is 1. The first-order valence-electron chi connectivity index (χ1n) is 7.81. The van der Waals surface area contributed by atoms with Crippen molar-refractivity contribution in [3.63, 3.8) is 0 Å². The summed E-state index contributed by atoms with van der Waals surface area (Å²) >= 11 is 1.96. The van der Waals surface area contributed by atoms with Gasteiger partial charge in [0.05, 0.1) is 0 Å². The average molecular weight is 278 g/mol. The minimum atomic E-state index is 0.637. The van der Waals surface area contributed by atoms with Gasteiger partial charge in [-0.15, -0.1) is 11.3 Å². The number of nitrogens with one attached hydrogen (secondary N) is 1. The summed E-state index contributed by atoms with van der Waals surface area (Å²) in [6, 6.07) is 4.39. The Kier molecular flexibility index (Phi) is 4.25. The predicted molar refractivity (Wildman–Crippen MR) is 82.9 cm³/mol. The molecule has 1 aliphatic carbocycles. The van der Waals surface area contributed by atoms with E-state index >= 15 is 0 Å². The highest BCUT2D eigenvalue weighted by Gasteiger charge is 2.30. The van der Waals surface area contributed by atoms with Crippen LogP contribution in [-0.4, -0.2) is 30.1 Å². The van der Waals surface area contributed by atoms with E-state index in [4.69, 9.17) is 0 Å². The molecule has 1 aromatic rings. The van der Waals surface area contributed by atoms with E-state index in [0.717, 1.165) is 0 Å². The fourth-order valence-corrected chi connectivity index (χ4v) is 4.65. The Hall–Kier alpha value is -0.380. The standard InChI is InChI=1S/C16H26N2S/c1-12(2)18(11-13-5-4-9-17-13)15-6-3-7-16-14(15)8-10-19-16/h8,10,12-13,15,17H,3-7,9,11H2,1-2H3. The normalized spacial score (nSPS) is 27.2. The van der Waals surface area contributed by atoms with Gasteiger partial charge in [-0.3, -0.25) is 4.90 Å². The van der Waals surface area contributed by atoms with Crippen molar-refractivity contribution in [1.82, 2.24) is 10.2 Å². The van der Waals surface area contributed by atoms with Crippen molar-refractivity contribution >= 4 is 11.3 Å². The highest BCUT2D eigenvalue weighted by Crippen LogP contribution is 2.38. The highest BCUT2D eigenvalue weighted by atomic mass is 32.1. The predicted octanol–water partition coefficient (Wildman–Crippen LogP) is 3.59. The van der Waals surface area contributed by atoms with Gasteiger partial charge in [0, 0.05) is 29.5 Å². The number of fused-ring (bicyclic) bond motifs is 1. The average Bonchev–Trinajstić information content (AvgIpc) is 3.06. The zero-order valence-corrected chi connectivity index (χ0v) is 13.0. The second-order valence-electron chi connectivity index (χ2n) is 6.29. The lowest BCUT2D eigenvalue weighted by atomic mass is 9.91. The van der Waals surface area contributed by atoms with E-state index in [1.165, 1.54) is 45.2 Å². The van der Waals surface area contributed by atoms with Gasteiger partial charge in [0.25, 0.3) is 0 Å². The summed E-state index contributed by atoms with van der Waals surface area (Å²) in [5.74, 6) is 0. The van der Waals surface area contributed by atoms with Crippen LogP contribution in [0.1, 0.15) is 56.0 Å². The van der Waals surface area contributed by atoms with Gasteiger partial charge in [-0.05, 0) is 69.5 Å². The minimum absolute atomic E-state index is 0.637. The Balaban J connectivity index is 1.77. The lowest BCUT2D eigenvalue weighted by Crippen LogP contribution is -2.44. The third-order valence-electron chi connectivity index (χ3n) is 4.68. The van der Waals surface area contributed by atoms with E-state index < -0.39 is 0 Å². The topological polar surface area (TPSA) is 15.3 Å². The van der Waals surface area contributed by atoms with Crippen LogP contribution in [0.15, 0.2) is 11.4 Å². The monoisotopic (exact) mass is 278 g/mol. The van der Waals surface area contributed by atoms with E-state index in [2.05, 4.69) is 35.5 Å². The van der Waals surface area contributed by atoms with Crippen LogP contribution in [0, 0.1) is 0 Å². The lowest BCUT2D eigenvalue weighted by Gasteiger charge is -2.39. The second-order valence-corrected chi connectivity index (χ2v) is 7.29. The van der Waals surface area contributed by atoms with Gasteiger partial charge in [0.15, 0.2) is 0 Å². The van der Waals surface area contributed by atoms with Crippen molar-refractivity contribution in [2.24, 2.45) is 0 Å². The Morgan fingerprint density at radius 3 is 3.00 bits per heavy atom. The molecule has 0 aromatic carbocycles. The van der Waals surface area contributed by atoms with E-state index in [9.17, 15) is 0 Å². The number of thiophene rings is 1. The zero-order valence-electron chi connectivity index (χ0n) is 12.2. The maximum absolute atomic E-state index is 3.66. The molecule has 2 aliphatic rings.